The molecule has 1 aliphatic rings. The van der Waals surface area contributed by atoms with E-state index in [0.717, 1.165) is 56.0 Å². The molecule has 1 aromatic carbocycles. The lowest BCUT2D eigenvalue weighted by Crippen LogP contribution is -2.36. The summed E-state index contributed by atoms with van der Waals surface area (Å²) in [6.45, 7) is 9.51. The van der Waals surface area contributed by atoms with Crippen LogP contribution in [0.1, 0.15) is 22.4 Å². The fourth-order valence-electron chi connectivity index (χ4n) is 3.38. The Labute approximate surface area is 168 Å². The molecule has 1 saturated heterocycles. The number of carbonyl (C=O) groups excluding carboxylic acids is 1. The maximum atomic E-state index is 12.5. The molecule has 0 bridgehead atoms. The second kappa shape index (κ2) is 9.13. The maximum Gasteiger partial charge on any atom is 0.238 e. The smallest absolute Gasteiger partial charge is 0.238 e. The summed E-state index contributed by atoms with van der Waals surface area (Å²) in [5.74, 6) is 0.0804. The van der Waals surface area contributed by atoms with Crippen LogP contribution in [0.2, 0.25) is 0 Å². The zero-order valence-electron chi connectivity index (χ0n) is 15.4. The fraction of sp³-hybridized carbons (Fsp3) is 0.450. The highest BCUT2D eigenvalue weighted by Crippen LogP contribution is 2.24. The average Bonchev–Trinajstić information content (AvgIpc) is 2.87. The summed E-state index contributed by atoms with van der Waals surface area (Å²) in [4.78, 5) is 18.6. The first-order valence-corrected chi connectivity index (χ1v) is 10.7. The quantitative estimate of drug-likeness (QED) is 0.761. The number of amides is 1. The topological polar surface area (TPSA) is 35.6 Å². The van der Waals surface area contributed by atoms with Gasteiger partial charge >= 0.3 is 0 Å². The molecule has 1 amide bonds. The molecule has 0 spiro atoms. The molecule has 6 heteroatoms. The molecule has 1 N–H and O–H groups in total. The van der Waals surface area contributed by atoms with Crippen molar-refractivity contribution in [1.29, 1.82) is 0 Å². The van der Waals surface area contributed by atoms with Gasteiger partial charge in [-0.1, -0.05) is 18.2 Å². The van der Waals surface area contributed by atoms with Gasteiger partial charge in [-0.25, -0.2) is 0 Å². The van der Waals surface area contributed by atoms with E-state index in [1.807, 2.05) is 32.0 Å². The summed E-state index contributed by atoms with van der Waals surface area (Å²) in [5, 5.41) is 5.23. The van der Waals surface area contributed by atoms with Crippen molar-refractivity contribution >= 4 is 38.9 Å². The highest BCUT2D eigenvalue weighted by molar-refractivity contribution is 9.10. The molecule has 2 heterocycles. The van der Waals surface area contributed by atoms with Gasteiger partial charge < -0.3 is 5.32 Å². The number of rotatable bonds is 5. The summed E-state index contributed by atoms with van der Waals surface area (Å²) in [6.07, 6.45) is 1.10. The lowest BCUT2D eigenvalue weighted by atomic mass is 10.1. The van der Waals surface area contributed by atoms with E-state index < -0.39 is 0 Å². The van der Waals surface area contributed by atoms with Gasteiger partial charge in [-0.15, -0.1) is 11.3 Å². The molecule has 0 unspecified atom stereocenters. The third-order valence-corrected chi connectivity index (χ3v) is 6.76. The Kier molecular flexibility index (Phi) is 6.86. The van der Waals surface area contributed by atoms with Crippen molar-refractivity contribution in [3.05, 3.63) is 50.1 Å². The summed E-state index contributed by atoms with van der Waals surface area (Å²) in [7, 11) is 0. The van der Waals surface area contributed by atoms with Crippen LogP contribution in [0.4, 0.5) is 5.69 Å². The molecule has 2 aromatic rings. The Balaban J connectivity index is 1.51. The molecule has 0 aliphatic carbocycles. The number of hydrogen-bond donors (Lipinski definition) is 1. The molecule has 1 aliphatic heterocycles. The van der Waals surface area contributed by atoms with Crippen molar-refractivity contribution in [2.75, 3.05) is 38.0 Å². The number of nitrogens with one attached hydrogen (secondary N) is 1. The molecule has 4 nitrogen and oxygen atoms in total. The van der Waals surface area contributed by atoms with E-state index in [1.165, 1.54) is 9.35 Å². The van der Waals surface area contributed by atoms with E-state index in [1.54, 1.807) is 11.3 Å². The predicted octanol–water partition coefficient (Wildman–Crippen LogP) is 4.27. The van der Waals surface area contributed by atoms with Gasteiger partial charge in [0.2, 0.25) is 5.91 Å². The largest absolute Gasteiger partial charge is 0.324 e. The van der Waals surface area contributed by atoms with Crippen molar-refractivity contribution in [2.45, 2.75) is 26.8 Å². The fourth-order valence-corrected chi connectivity index (χ4v) is 4.89. The number of hydrogen-bond acceptors (Lipinski definition) is 4. The SMILES string of the molecule is Cc1cccc(C)c1NC(=O)CN1CCCN(Cc2sccc2Br)CC1. The molecule has 1 fully saturated rings. The standard InChI is InChI=1S/C20H26BrN3OS/c1-15-5-3-6-16(2)20(15)22-19(25)14-24-9-4-8-23(10-11-24)13-18-17(21)7-12-26-18/h3,5-7,12H,4,8-11,13-14H2,1-2H3,(H,22,25). The normalized spacial score (nSPS) is 16.4. The van der Waals surface area contributed by atoms with Gasteiger partial charge in [-0.3, -0.25) is 14.6 Å². The van der Waals surface area contributed by atoms with Crippen molar-refractivity contribution in [2.24, 2.45) is 0 Å². The minimum absolute atomic E-state index is 0.0804. The van der Waals surface area contributed by atoms with Crippen molar-refractivity contribution in [1.82, 2.24) is 9.80 Å². The predicted molar refractivity (Wildman–Crippen MR) is 113 cm³/mol. The highest BCUT2D eigenvalue weighted by atomic mass is 79.9. The van der Waals surface area contributed by atoms with Gasteiger partial charge in [-0.05, 0) is 71.9 Å². The zero-order valence-corrected chi connectivity index (χ0v) is 17.8. The van der Waals surface area contributed by atoms with Crippen LogP contribution in [0.3, 0.4) is 0 Å². The molecule has 0 atom stereocenters. The van der Waals surface area contributed by atoms with Crippen molar-refractivity contribution in [3.63, 3.8) is 0 Å². The van der Waals surface area contributed by atoms with E-state index >= 15 is 0 Å². The highest BCUT2D eigenvalue weighted by Gasteiger charge is 2.18. The van der Waals surface area contributed by atoms with E-state index in [-0.39, 0.29) is 5.91 Å². The first-order chi connectivity index (χ1) is 12.5. The van der Waals surface area contributed by atoms with Crippen LogP contribution in [-0.2, 0) is 11.3 Å². The summed E-state index contributed by atoms with van der Waals surface area (Å²) in [5.41, 5.74) is 3.18. The van der Waals surface area contributed by atoms with Crippen molar-refractivity contribution < 1.29 is 4.79 Å². The van der Waals surface area contributed by atoms with Gasteiger partial charge in [0.1, 0.15) is 0 Å². The van der Waals surface area contributed by atoms with Crippen molar-refractivity contribution in [3.8, 4) is 0 Å². The number of halogens is 1. The molecule has 3 rings (SSSR count). The minimum Gasteiger partial charge on any atom is -0.324 e. The Bertz CT molecular complexity index is 741. The van der Waals surface area contributed by atoms with Crippen LogP contribution < -0.4 is 5.32 Å². The van der Waals surface area contributed by atoms with Gasteiger partial charge in [0.15, 0.2) is 0 Å². The monoisotopic (exact) mass is 435 g/mol. The van der Waals surface area contributed by atoms with Crippen LogP contribution in [0.25, 0.3) is 0 Å². The number of aryl methyl sites for hydroxylation is 2. The molecule has 0 saturated carbocycles. The lowest BCUT2D eigenvalue weighted by molar-refractivity contribution is -0.117. The van der Waals surface area contributed by atoms with Crippen LogP contribution in [0.5, 0.6) is 0 Å². The average molecular weight is 436 g/mol. The minimum atomic E-state index is 0.0804. The van der Waals surface area contributed by atoms with E-state index in [0.29, 0.717) is 6.54 Å². The molecule has 1 aromatic heterocycles. The van der Waals surface area contributed by atoms with E-state index in [2.05, 4.69) is 42.5 Å². The Morgan fingerprint density at radius 2 is 1.81 bits per heavy atom. The van der Waals surface area contributed by atoms with Gasteiger partial charge in [0, 0.05) is 34.7 Å². The molecule has 26 heavy (non-hydrogen) atoms. The van der Waals surface area contributed by atoms with E-state index in [4.69, 9.17) is 0 Å². The summed E-state index contributed by atoms with van der Waals surface area (Å²) in [6, 6.07) is 8.21. The van der Waals surface area contributed by atoms with Gasteiger partial charge in [0.25, 0.3) is 0 Å². The zero-order chi connectivity index (χ0) is 18.5. The summed E-state index contributed by atoms with van der Waals surface area (Å²) >= 11 is 5.42. The Morgan fingerprint density at radius 3 is 2.50 bits per heavy atom. The first-order valence-electron chi connectivity index (χ1n) is 9.05. The van der Waals surface area contributed by atoms with E-state index in [9.17, 15) is 4.79 Å². The molecular weight excluding hydrogens is 410 g/mol. The number of carbonyl (C=O) groups is 1. The van der Waals surface area contributed by atoms with Crippen LogP contribution >= 0.6 is 27.3 Å². The number of benzene rings is 1. The second-order valence-electron chi connectivity index (χ2n) is 6.91. The number of thiophene rings is 1. The van der Waals surface area contributed by atoms with Crippen LogP contribution in [-0.4, -0.2) is 48.4 Å². The van der Waals surface area contributed by atoms with Crippen LogP contribution in [0.15, 0.2) is 34.1 Å². The lowest BCUT2D eigenvalue weighted by Gasteiger charge is -2.21. The van der Waals surface area contributed by atoms with Gasteiger partial charge in [-0.2, -0.15) is 0 Å². The Morgan fingerprint density at radius 1 is 1.12 bits per heavy atom. The second-order valence-corrected chi connectivity index (χ2v) is 8.77. The molecular formula is C20H26BrN3OS. The summed E-state index contributed by atoms with van der Waals surface area (Å²) < 4.78 is 1.21. The molecule has 0 radical (unpaired) electrons. The van der Waals surface area contributed by atoms with Crippen LogP contribution in [0, 0.1) is 13.8 Å². The third kappa shape index (κ3) is 5.16. The maximum absolute atomic E-state index is 12.5. The first kappa shape index (κ1) is 19.5. The van der Waals surface area contributed by atoms with Gasteiger partial charge in [0.05, 0.1) is 6.54 Å². The Hall–Kier alpha value is -1.21. The number of anilines is 1. The number of para-hydroxylation sites is 1. The third-order valence-electron chi connectivity index (χ3n) is 4.85. The number of nitrogens with zero attached hydrogens (tertiary/aromatic N) is 2. The molecule has 140 valence electrons.